The van der Waals surface area contributed by atoms with Gasteiger partial charge in [-0.25, -0.2) is 18.2 Å². The highest BCUT2D eigenvalue weighted by atomic mass is 19.1. The minimum Gasteiger partial charge on any atom is -0.508 e. The van der Waals surface area contributed by atoms with E-state index in [0.29, 0.717) is 30.3 Å². The SMILES string of the molecule is COc1nc(-c2cc(O)cc3cccc(F)c23)c(F)c2nc(OCC34CCCN3C/C(=C\F)C4)nc(N3CC(O)CO[C@@H](CO)C3)c12. The molecule has 2 aromatic carbocycles. The second-order valence-corrected chi connectivity index (χ2v) is 12.3. The smallest absolute Gasteiger partial charge is 0.319 e. The lowest BCUT2D eigenvalue weighted by Gasteiger charge is -2.31. The number of aliphatic hydroxyl groups excluding tert-OH is 2. The molecule has 0 spiro atoms. The Morgan fingerprint density at radius 1 is 1.15 bits per heavy atom. The highest BCUT2D eigenvalue weighted by Crippen LogP contribution is 2.44. The summed E-state index contributed by atoms with van der Waals surface area (Å²) >= 11 is 0. The second-order valence-electron chi connectivity index (χ2n) is 12.3. The van der Waals surface area contributed by atoms with Crippen molar-refractivity contribution in [2.45, 2.75) is 37.0 Å². The Balaban J connectivity index is 1.42. The fourth-order valence-electron chi connectivity index (χ4n) is 7.14. The molecule has 248 valence electrons. The number of nitrogens with zero attached hydrogens (tertiary/aromatic N) is 5. The van der Waals surface area contributed by atoms with E-state index in [1.807, 2.05) is 0 Å². The van der Waals surface area contributed by atoms with Crippen molar-refractivity contribution in [3.8, 4) is 28.9 Å². The molecule has 0 amide bonds. The van der Waals surface area contributed by atoms with Gasteiger partial charge in [-0.05, 0) is 55.0 Å². The van der Waals surface area contributed by atoms with Gasteiger partial charge >= 0.3 is 6.01 Å². The Kier molecular flexibility index (Phi) is 8.28. The van der Waals surface area contributed by atoms with Gasteiger partial charge < -0.3 is 34.4 Å². The molecule has 7 rings (SSSR count). The molecular weight excluding hydrogens is 619 g/mol. The minimum atomic E-state index is -0.971. The highest BCUT2D eigenvalue weighted by molar-refractivity contribution is 6.02. The first-order valence-electron chi connectivity index (χ1n) is 15.4. The maximum Gasteiger partial charge on any atom is 0.319 e. The van der Waals surface area contributed by atoms with Gasteiger partial charge in [0, 0.05) is 30.6 Å². The van der Waals surface area contributed by atoms with E-state index in [2.05, 4.69) is 19.9 Å². The van der Waals surface area contributed by atoms with Crippen LogP contribution in [0.5, 0.6) is 17.6 Å². The van der Waals surface area contributed by atoms with Crippen molar-refractivity contribution in [3.05, 3.63) is 53.9 Å². The van der Waals surface area contributed by atoms with Gasteiger partial charge in [0.1, 0.15) is 40.6 Å². The summed E-state index contributed by atoms with van der Waals surface area (Å²) < 4.78 is 63.1. The van der Waals surface area contributed by atoms with Crippen molar-refractivity contribution in [2.24, 2.45) is 0 Å². The summed E-state index contributed by atoms with van der Waals surface area (Å²) in [4.78, 5) is 17.4. The zero-order chi connectivity index (χ0) is 32.9. The molecule has 3 saturated heterocycles. The zero-order valence-corrected chi connectivity index (χ0v) is 25.6. The molecule has 3 atom stereocenters. The van der Waals surface area contributed by atoms with E-state index in [-0.39, 0.29) is 83.9 Å². The Bertz CT molecular complexity index is 1880. The molecule has 3 N–H and O–H groups in total. The van der Waals surface area contributed by atoms with Crippen molar-refractivity contribution >= 4 is 27.5 Å². The number of anilines is 1. The van der Waals surface area contributed by atoms with Crippen molar-refractivity contribution in [1.82, 2.24) is 19.9 Å². The van der Waals surface area contributed by atoms with Crippen LogP contribution < -0.4 is 14.4 Å². The second kappa shape index (κ2) is 12.4. The molecular formula is C33H34F3N5O6. The number of pyridine rings is 1. The average molecular weight is 654 g/mol. The van der Waals surface area contributed by atoms with E-state index in [4.69, 9.17) is 14.2 Å². The zero-order valence-electron chi connectivity index (χ0n) is 25.6. The third-order valence-corrected chi connectivity index (χ3v) is 9.27. The Hall–Kier alpha value is -4.24. The number of rotatable bonds is 7. The van der Waals surface area contributed by atoms with Gasteiger partial charge in [-0.2, -0.15) is 9.97 Å². The van der Waals surface area contributed by atoms with Crippen LogP contribution in [0.25, 0.3) is 32.9 Å². The molecule has 0 bridgehead atoms. The van der Waals surface area contributed by atoms with Crippen LogP contribution in [0, 0.1) is 11.6 Å². The van der Waals surface area contributed by atoms with E-state index in [0.717, 1.165) is 19.4 Å². The lowest BCUT2D eigenvalue weighted by Crippen LogP contribution is -2.43. The number of aliphatic hydroxyl groups is 2. The molecule has 0 aliphatic carbocycles. The predicted octanol–water partition coefficient (Wildman–Crippen LogP) is 3.87. The molecule has 0 radical (unpaired) electrons. The number of phenols is 1. The number of aromatic hydroxyl groups is 1. The minimum absolute atomic E-state index is 0.0132. The first-order chi connectivity index (χ1) is 22.7. The van der Waals surface area contributed by atoms with E-state index in [9.17, 15) is 19.7 Å². The average Bonchev–Trinajstić information content (AvgIpc) is 3.55. The molecule has 0 saturated carbocycles. The number of aromatic nitrogens is 3. The summed E-state index contributed by atoms with van der Waals surface area (Å²) in [5.41, 5.74) is -0.398. The van der Waals surface area contributed by atoms with E-state index in [1.165, 1.54) is 31.4 Å². The van der Waals surface area contributed by atoms with E-state index in [1.54, 1.807) is 11.0 Å². The third-order valence-electron chi connectivity index (χ3n) is 9.27. The van der Waals surface area contributed by atoms with E-state index >= 15 is 8.78 Å². The van der Waals surface area contributed by atoms with Crippen LogP contribution in [0.1, 0.15) is 19.3 Å². The van der Waals surface area contributed by atoms with Crippen molar-refractivity contribution < 1.29 is 42.7 Å². The molecule has 14 heteroatoms. The molecule has 3 aliphatic rings. The molecule has 3 aliphatic heterocycles. The normalized spacial score (nSPS) is 24.3. The van der Waals surface area contributed by atoms with Crippen LogP contribution in [0.3, 0.4) is 0 Å². The number of β-amino-alcohol motifs (C(OH)–C–C–N with tert-alkyl or cyclic N) is 1. The van der Waals surface area contributed by atoms with Crippen LogP contribution in [0.4, 0.5) is 19.0 Å². The first-order valence-corrected chi connectivity index (χ1v) is 15.4. The summed E-state index contributed by atoms with van der Waals surface area (Å²) in [6, 6.07) is 6.71. The van der Waals surface area contributed by atoms with E-state index < -0.39 is 29.4 Å². The fourth-order valence-corrected chi connectivity index (χ4v) is 7.14. The van der Waals surface area contributed by atoms with Crippen LogP contribution in [-0.4, -0.2) is 106 Å². The summed E-state index contributed by atoms with van der Waals surface area (Å²) in [6.45, 7) is 1.10. The number of phenolic OH excluding ortho intramolecular Hbond substituents is 1. The fraction of sp³-hybridized carbons (Fsp3) is 0.424. The highest BCUT2D eigenvalue weighted by Gasteiger charge is 2.47. The Morgan fingerprint density at radius 3 is 2.79 bits per heavy atom. The predicted molar refractivity (Wildman–Crippen MR) is 166 cm³/mol. The summed E-state index contributed by atoms with van der Waals surface area (Å²) in [5, 5.41) is 31.5. The molecule has 2 unspecified atom stereocenters. The van der Waals surface area contributed by atoms with Gasteiger partial charge in [-0.15, -0.1) is 0 Å². The standard InChI is InChI=1S/C33H34F3N5O6/c1-45-31-26-29(27(36)28(37-31)23-9-20(43)8-19-4-2-5-24(35)25(19)23)38-32(39-30(26)40-13-21(44)16-46-22(14-40)15-42)47-17-33-6-3-7-41(33)12-18(10-33)11-34/h2,4-5,8-9,11,21-22,42-44H,3,6-7,10,12-17H2,1H3/b18-11-/t21?,22-,33?/m1/s1. The topological polar surface area (TPSA) is 134 Å². The van der Waals surface area contributed by atoms with Gasteiger partial charge in [-0.3, -0.25) is 4.90 Å². The summed E-state index contributed by atoms with van der Waals surface area (Å²) in [7, 11) is 1.33. The number of hydrogen-bond acceptors (Lipinski definition) is 11. The number of hydrogen-bond donors (Lipinski definition) is 3. The lowest BCUT2D eigenvalue weighted by molar-refractivity contribution is -0.0106. The van der Waals surface area contributed by atoms with Crippen molar-refractivity contribution in [1.29, 1.82) is 0 Å². The third kappa shape index (κ3) is 5.58. The molecule has 11 nitrogen and oxygen atoms in total. The summed E-state index contributed by atoms with van der Waals surface area (Å²) in [5.74, 6) is -1.79. The maximum absolute atomic E-state index is 16.9. The van der Waals surface area contributed by atoms with Gasteiger partial charge in [0.25, 0.3) is 0 Å². The van der Waals surface area contributed by atoms with Gasteiger partial charge in [0.05, 0.1) is 44.4 Å². The molecule has 4 aromatic rings. The monoisotopic (exact) mass is 653 g/mol. The first kappa shape index (κ1) is 31.4. The van der Waals surface area contributed by atoms with Gasteiger partial charge in [-0.1, -0.05) is 12.1 Å². The van der Waals surface area contributed by atoms with Crippen LogP contribution in [0.2, 0.25) is 0 Å². The van der Waals surface area contributed by atoms with Crippen LogP contribution >= 0.6 is 0 Å². The number of benzene rings is 2. The van der Waals surface area contributed by atoms with Gasteiger partial charge in [0.15, 0.2) is 5.82 Å². The molecule has 2 aromatic heterocycles. The number of fused-ring (bicyclic) bond motifs is 3. The lowest BCUT2D eigenvalue weighted by atomic mass is 9.94. The number of ether oxygens (including phenoxy) is 3. The van der Waals surface area contributed by atoms with Crippen LogP contribution in [0.15, 0.2) is 42.2 Å². The van der Waals surface area contributed by atoms with Crippen LogP contribution in [-0.2, 0) is 4.74 Å². The number of halogens is 3. The maximum atomic E-state index is 16.9. The van der Waals surface area contributed by atoms with Crippen molar-refractivity contribution in [3.63, 3.8) is 0 Å². The Labute approximate surface area is 267 Å². The quantitative estimate of drug-likeness (QED) is 0.269. The summed E-state index contributed by atoms with van der Waals surface area (Å²) in [6.07, 6.45) is 1.13. The van der Waals surface area contributed by atoms with Gasteiger partial charge in [0.2, 0.25) is 5.88 Å². The molecule has 5 heterocycles. The van der Waals surface area contributed by atoms with Crippen molar-refractivity contribution in [2.75, 3.05) is 58.0 Å². The number of methoxy groups -OCH3 is 1. The molecule has 47 heavy (non-hydrogen) atoms. The largest absolute Gasteiger partial charge is 0.508 e. The Morgan fingerprint density at radius 2 is 2.00 bits per heavy atom. The molecule has 3 fully saturated rings.